The summed E-state index contributed by atoms with van der Waals surface area (Å²) in [5.74, 6) is 0.744. The van der Waals surface area contributed by atoms with Gasteiger partial charge < -0.3 is 20.8 Å². The van der Waals surface area contributed by atoms with Crippen LogP contribution < -0.4 is 16.0 Å². The Labute approximate surface area is 150 Å². The highest BCUT2D eigenvalue weighted by atomic mass is 16.6. The quantitative estimate of drug-likeness (QED) is 0.430. The van der Waals surface area contributed by atoms with E-state index in [-0.39, 0.29) is 12.5 Å². The van der Waals surface area contributed by atoms with Crippen molar-refractivity contribution in [1.29, 1.82) is 0 Å². The van der Waals surface area contributed by atoms with Gasteiger partial charge in [0.25, 0.3) is 5.91 Å². The number of amidine groups is 1. The maximum atomic E-state index is 12.0. The zero-order chi connectivity index (χ0) is 18.2. The molecule has 1 fully saturated rings. The molecular formula is C19H30N4O2. The fourth-order valence-electron chi connectivity index (χ4n) is 2.80. The van der Waals surface area contributed by atoms with E-state index in [0.717, 1.165) is 30.8 Å². The van der Waals surface area contributed by atoms with Gasteiger partial charge in [-0.05, 0) is 55.9 Å². The summed E-state index contributed by atoms with van der Waals surface area (Å²) in [5, 5.41) is 6.65. The summed E-state index contributed by atoms with van der Waals surface area (Å²) in [6.07, 6.45) is 4.12. The van der Waals surface area contributed by atoms with E-state index in [1.807, 2.05) is 13.0 Å². The average Bonchev–Trinajstić information content (AvgIpc) is 3.09. The van der Waals surface area contributed by atoms with Gasteiger partial charge in [0.1, 0.15) is 5.84 Å². The molecule has 2 rings (SSSR count). The first-order valence-corrected chi connectivity index (χ1v) is 9.05. The Kier molecular flexibility index (Phi) is 7.10. The highest BCUT2D eigenvalue weighted by Crippen LogP contribution is 2.25. The van der Waals surface area contributed by atoms with Gasteiger partial charge in [-0.1, -0.05) is 19.0 Å². The Hall–Kier alpha value is -2.24. The fourth-order valence-corrected chi connectivity index (χ4v) is 2.80. The van der Waals surface area contributed by atoms with Crippen LogP contribution in [0.25, 0.3) is 0 Å². The van der Waals surface area contributed by atoms with Gasteiger partial charge >= 0.3 is 0 Å². The topological polar surface area (TPSA) is 80.0 Å². The minimum atomic E-state index is -0.238. The van der Waals surface area contributed by atoms with Crippen molar-refractivity contribution in [3.63, 3.8) is 0 Å². The van der Waals surface area contributed by atoms with Gasteiger partial charge in [-0.15, -0.1) is 0 Å². The predicted octanol–water partition coefficient (Wildman–Crippen LogP) is 3.26. The number of anilines is 2. The minimum absolute atomic E-state index is 0.143. The maximum Gasteiger partial charge on any atom is 0.265 e. The summed E-state index contributed by atoms with van der Waals surface area (Å²) in [6.45, 7) is 8.32. The standard InChI is InChI=1S/C19H30N4O2/c1-14(2)6-9-18(20)22-25-13-19(24)21-17-8-7-16(12-15(17)3)23-10-4-5-11-23/h7-8,12,14H,4-6,9-11,13H2,1-3H3,(H2,20,22)(H,21,24). The van der Waals surface area contributed by atoms with Crippen molar-refractivity contribution in [2.24, 2.45) is 16.8 Å². The molecule has 0 unspecified atom stereocenters. The number of amides is 1. The number of aryl methyl sites for hydroxylation is 1. The molecule has 0 bridgehead atoms. The lowest BCUT2D eigenvalue weighted by Crippen LogP contribution is -2.20. The molecule has 0 aromatic heterocycles. The third-order valence-electron chi connectivity index (χ3n) is 4.31. The number of nitrogens with two attached hydrogens (primary N) is 1. The van der Waals surface area contributed by atoms with E-state index in [2.05, 4.69) is 41.4 Å². The zero-order valence-electron chi connectivity index (χ0n) is 15.5. The number of hydrogen-bond donors (Lipinski definition) is 2. The van der Waals surface area contributed by atoms with Crippen molar-refractivity contribution in [3.05, 3.63) is 23.8 Å². The Bertz CT molecular complexity index is 607. The van der Waals surface area contributed by atoms with E-state index in [1.165, 1.54) is 18.5 Å². The fraction of sp³-hybridized carbons (Fsp3) is 0.579. The number of carbonyl (C=O) groups is 1. The zero-order valence-corrected chi connectivity index (χ0v) is 15.5. The van der Waals surface area contributed by atoms with Crippen LogP contribution >= 0.6 is 0 Å². The molecule has 0 spiro atoms. The Balaban J connectivity index is 1.81. The lowest BCUT2D eigenvalue weighted by molar-refractivity contribution is -0.120. The van der Waals surface area contributed by atoms with Gasteiger partial charge in [-0.3, -0.25) is 4.79 Å². The van der Waals surface area contributed by atoms with E-state index >= 15 is 0 Å². The molecule has 1 heterocycles. The first kappa shape index (κ1) is 19.1. The van der Waals surface area contributed by atoms with E-state index in [0.29, 0.717) is 18.2 Å². The van der Waals surface area contributed by atoms with Crippen LogP contribution in [0.3, 0.4) is 0 Å². The maximum absolute atomic E-state index is 12.0. The van der Waals surface area contributed by atoms with Crippen molar-refractivity contribution >= 4 is 23.1 Å². The van der Waals surface area contributed by atoms with Gasteiger partial charge in [0, 0.05) is 30.9 Å². The van der Waals surface area contributed by atoms with Crippen molar-refractivity contribution in [2.45, 2.75) is 46.5 Å². The smallest absolute Gasteiger partial charge is 0.265 e. The second-order valence-corrected chi connectivity index (χ2v) is 7.03. The Morgan fingerprint density at radius 3 is 2.72 bits per heavy atom. The highest BCUT2D eigenvalue weighted by Gasteiger charge is 2.13. The molecule has 1 aromatic carbocycles. The first-order chi connectivity index (χ1) is 12.0. The number of carbonyl (C=O) groups excluding carboxylic acids is 1. The Morgan fingerprint density at radius 2 is 2.08 bits per heavy atom. The van der Waals surface area contributed by atoms with Gasteiger partial charge in [0.05, 0.1) is 0 Å². The highest BCUT2D eigenvalue weighted by molar-refractivity contribution is 5.92. The lowest BCUT2D eigenvalue weighted by atomic mass is 10.1. The van der Waals surface area contributed by atoms with E-state index in [4.69, 9.17) is 10.6 Å². The molecule has 1 aliphatic heterocycles. The van der Waals surface area contributed by atoms with Crippen molar-refractivity contribution in [1.82, 2.24) is 0 Å². The first-order valence-electron chi connectivity index (χ1n) is 9.05. The molecule has 6 nitrogen and oxygen atoms in total. The summed E-state index contributed by atoms with van der Waals surface area (Å²) < 4.78 is 0. The van der Waals surface area contributed by atoms with E-state index in [1.54, 1.807) is 0 Å². The second-order valence-electron chi connectivity index (χ2n) is 7.03. The Morgan fingerprint density at radius 1 is 1.36 bits per heavy atom. The SMILES string of the molecule is Cc1cc(N2CCCC2)ccc1NC(=O)CO/N=C(\N)CCC(C)C. The molecule has 0 radical (unpaired) electrons. The number of benzene rings is 1. The normalized spacial score (nSPS) is 14.9. The molecule has 25 heavy (non-hydrogen) atoms. The minimum Gasteiger partial charge on any atom is -0.384 e. The molecule has 0 aliphatic carbocycles. The van der Waals surface area contributed by atoms with Crippen LogP contribution in [0.5, 0.6) is 0 Å². The third kappa shape index (κ3) is 6.29. The molecule has 6 heteroatoms. The van der Waals surface area contributed by atoms with Crippen LogP contribution in [0.1, 0.15) is 45.1 Å². The van der Waals surface area contributed by atoms with Crippen LogP contribution in [-0.4, -0.2) is 31.4 Å². The molecule has 0 atom stereocenters. The van der Waals surface area contributed by atoms with Crippen molar-refractivity contribution in [2.75, 3.05) is 29.9 Å². The molecular weight excluding hydrogens is 316 g/mol. The van der Waals surface area contributed by atoms with Crippen LogP contribution in [0, 0.1) is 12.8 Å². The van der Waals surface area contributed by atoms with Crippen LogP contribution in [0.2, 0.25) is 0 Å². The lowest BCUT2D eigenvalue weighted by Gasteiger charge is -2.19. The number of nitrogens with zero attached hydrogens (tertiary/aromatic N) is 2. The monoisotopic (exact) mass is 346 g/mol. The molecule has 1 saturated heterocycles. The predicted molar refractivity (Wildman–Crippen MR) is 103 cm³/mol. The van der Waals surface area contributed by atoms with Gasteiger partial charge in [0.2, 0.25) is 0 Å². The number of rotatable bonds is 8. The number of hydrogen-bond acceptors (Lipinski definition) is 4. The van der Waals surface area contributed by atoms with Crippen molar-refractivity contribution in [3.8, 4) is 0 Å². The van der Waals surface area contributed by atoms with Gasteiger partial charge in [-0.25, -0.2) is 0 Å². The van der Waals surface area contributed by atoms with Gasteiger partial charge in [-0.2, -0.15) is 0 Å². The summed E-state index contributed by atoms with van der Waals surface area (Å²) in [4.78, 5) is 19.4. The summed E-state index contributed by atoms with van der Waals surface area (Å²) >= 11 is 0. The van der Waals surface area contributed by atoms with Crippen LogP contribution in [0.4, 0.5) is 11.4 Å². The summed E-state index contributed by atoms with van der Waals surface area (Å²) in [5.41, 5.74) is 8.80. The summed E-state index contributed by atoms with van der Waals surface area (Å²) in [6, 6.07) is 6.11. The van der Waals surface area contributed by atoms with Crippen molar-refractivity contribution < 1.29 is 9.63 Å². The molecule has 1 aromatic rings. The van der Waals surface area contributed by atoms with Crippen LogP contribution in [-0.2, 0) is 9.63 Å². The molecule has 3 N–H and O–H groups in total. The van der Waals surface area contributed by atoms with E-state index in [9.17, 15) is 4.79 Å². The largest absolute Gasteiger partial charge is 0.384 e. The summed E-state index contributed by atoms with van der Waals surface area (Å²) in [7, 11) is 0. The average molecular weight is 346 g/mol. The van der Waals surface area contributed by atoms with E-state index < -0.39 is 0 Å². The second kappa shape index (κ2) is 9.30. The number of oxime groups is 1. The molecule has 0 saturated carbocycles. The van der Waals surface area contributed by atoms with Gasteiger partial charge in [0.15, 0.2) is 6.61 Å². The number of nitrogens with one attached hydrogen (secondary N) is 1. The molecule has 1 amide bonds. The van der Waals surface area contributed by atoms with Crippen LogP contribution in [0.15, 0.2) is 23.4 Å². The molecule has 1 aliphatic rings. The molecule has 138 valence electrons. The third-order valence-corrected chi connectivity index (χ3v) is 4.31.